The van der Waals surface area contributed by atoms with Gasteiger partial charge in [0.15, 0.2) is 0 Å². The number of hydrogen-bond acceptors (Lipinski definition) is 0. The Morgan fingerprint density at radius 3 is 0.500 bits per heavy atom. The van der Waals surface area contributed by atoms with Gasteiger partial charge in [-0.05, 0) is 0 Å². The molecule has 0 aliphatic heterocycles. The van der Waals surface area contributed by atoms with Gasteiger partial charge in [0.1, 0.15) is 0 Å². The molecule has 0 aromatic carbocycles. The predicted octanol–water partition coefficient (Wildman–Crippen LogP) is 2.91. The Morgan fingerprint density at radius 1 is 0.500 bits per heavy atom. The molecule has 96 valence electrons. The van der Waals surface area contributed by atoms with Crippen LogP contribution in [0.3, 0.4) is 0 Å². The van der Waals surface area contributed by atoms with Crippen LogP contribution < -0.4 is 19.1 Å². The molecule has 0 unspecified atom stereocenters. The molecule has 0 fully saturated rings. The normalized spacial score (nSPS) is 23.1. The summed E-state index contributed by atoms with van der Waals surface area (Å²) < 4.78 is 119. The minimum atomic E-state index is -11.1. The van der Waals surface area contributed by atoms with Crippen molar-refractivity contribution in [3.63, 3.8) is 0 Å². The topological polar surface area (TPSA) is 0 Å². The quantitative estimate of drug-likeness (QED) is 0.342. The van der Waals surface area contributed by atoms with Crippen LogP contribution in [0.1, 0.15) is 0 Å². The summed E-state index contributed by atoms with van der Waals surface area (Å²) in [7, 11) is -10.7. The Kier molecular flexibility index (Phi) is 2.63. The van der Waals surface area contributed by atoms with Crippen molar-refractivity contribution in [1.29, 1.82) is 0 Å². The number of halogens is 13. The van der Waals surface area contributed by atoms with Crippen LogP contribution >= 0.6 is 7.81 Å². The van der Waals surface area contributed by atoms with Crippen molar-refractivity contribution in [2.75, 3.05) is 0 Å². The average molecular weight is 386 g/mol. The molecule has 0 rings (SSSR count). The van der Waals surface area contributed by atoms with Crippen molar-refractivity contribution in [1.82, 2.24) is 0 Å². The van der Waals surface area contributed by atoms with Gasteiger partial charge in [-0.1, -0.05) is 0 Å². The Morgan fingerprint density at radius 2 is 0.500 bits per heavy atom. The third-order valence-electron chi connectivity index (χ3n) is 0. The molecule has 0 nitrogen and oxygen atoms in total. The van der Waals surface area contributed by atoms with E-state index < -0.39 is 26.9 Å². The molecule has 0 heterocycles. The zero-order valence-corrected chi connectivity index (χ0v) is 8.41. The van der Waals surface area contributed by atoms with E-state index in [1.165, 1.54) is 0 Å². The molecule has 14 heavy (non-hydrogen) atoms. The van der Waals surface area contributed by atoms with Gasteiger partial charge in [0, 0.05) is 0 Å². The Balaban J connectivity index is 0. The summed E-state index contributed by atoms with van der Waals surface area (Å²) in [4.78, 5) is 0. The zero-order chi connectivity index (χ0) is 12.8. The Bertz CT molecular complexity index is 157. The number of rotatable bonds is 0. The van der Waals surface area contributed by atoms with E-state index in [0.717, 1.165) is 0 Å². The van der Waals surface area contributed by atoms with Crippen molar-refractivity contribution in [3.05, 3.63) is 0 Å². The van der Waals surface area contributed by atoms with Gasteiger partial charge in [-0.2, -0.15) is 0 Å². The van der Waals surface area contributed by atoms with E-state index >= 15 is 0 Å². The van der Waals surface area contributed by atoms with Crippen molar-refractivity contribution in [2.45, 2.75) is 0 Å². The van der Waals surface area contributed by atoms with Gasteiger partial charge in [0.05, 0.1) is 0 Å². The molecule has 0 atom stereocenters. The third kappa shape index (κ3) is 15400. The second kappa shape index (κ2) is 2.20. The van der Waals surface area contributed by atoms with Gasteiger partial charge in [0.25, 0.3) is 0 Å². The standard InChI is InChI=1S/F6I.F6P/c2*1-7(2,3,4,5)6/q+1;-1. The van der Waals surface area contributed by atoms with E-state index in [4.69, 9.17) is 0 Å². The number of hydrogen-bond donors (Lipinski definition) is 0. The summed E-state index contributed by atoms with van der Waals surface area (Å²) in [6.45, 7) is 0. The summed E-state index contributed by atoms with van der Waals surface area (Å²) in [5.41, 5.74) is 0. The van der Waals surface area contributed by atoms with Crippen LogP contribution in [-0.2, 0) is 0 Å². The third-order valence-corrected chi connectivity index (χ3v) is 0. The second-order valence-corrected chi connectivity index (χ2v) is 8.31. The molecule has 0 aliphatic carbocycles. The van der Waals surface area contributed by atoms with Crippen LogP contribution in [-0.4, -0.2) is 0 Å². The fourth-order valence-electron chi connectivity index (χ4n) is 0. The van der Waals surface area contributed by atoms with Crippen molar-refractivity contribution in [3.8, 4) is 0 Å². The van der Waals surface area contributed by atoms with E-state index in [2.05, 4.69) is 0 Å². The predicted molar refractivity (Wildman–Crippen MR) is 20.2 cm³/mol. The van der Waals surface area contributed by atoms with Crippen LogP contribution in [0.5, 0.6) is 0 Å². The molecule has 0 saturated carbocycles. The fourth-order valence-corrected chi connectivity index (χ4v) is 0. The summed E-state index contributed by atoms with van der Waals surface area (Å²) >= 11 is -11.1. The van der Waals surface area contributed by atoms with Crippen molar-refractivity contribution in [2.24, 2.45) is 0 Å². The van der Waals surface area contributed by atoms with E-state index in [0.29, 0.717) is 0 Å². The maximum absolute atomic E-state index is 11.1. The van der Waals surface area contributed by atoms with Crippen LogP contribution in [0, 0.1) is 0 Å². The van der Waals surface area contributed by atoms with E-state index in [-0.39, 0.29) is 0 Å². The summed E-state index contributed by atoms with van der Waals surface area (Å²) in [6.07, 6.45) is 0. The summed E-state index contributed by atoms with van der Waals surface area (Å²) in [6, 6.07) is 0. The first kappa shape index (κ1) is 16.7. The van der Waals surface area contributed by atoms with E-state index in [9.17, 15) is 42.3 Å². The first-order chi connectivity index (χ1) is 4.90. The molecule has 0 N–H and O–H groups in total. The van der Waals surface area contributed by atoms with Gasteiger partial charge in [0.2, 0.25) is 0 Å². The van der Waals surface area contributed by atoms with Gasteiger partial charge in [-0.15, -0.1) is 0 Å². The molecular formula is F12IP. The minimum absolute atomic E-state index is 9.87. The second-order valence-electron chi connectivity index (χ2n) is 1.77. The maximum atomic E-state index is 9.91. The fraction of sp³-hybridized carbons (Fsp3) is 0. The molecule has 0 amide bonds. The van der Waals surface area contributed by atoms with Crippen LogP contribution in [0.25, 0.3) is 0 Å². The van der Waals surface area contributed by atoms with Crippen LogP contribution in [0.15, 0.2) is 0 Å². The molecule has 0 spiro atoms. The molecule has 0 radical (unpaired) electrons. The van der Waals surface area contributed by atoms with Crippen molar-refractivity contribution < 1.29 is 61.4 Å². The zero-order valence-electron chi connectivity index (χ0n) is 5.36. The summed E-state index contributed by atoms with van der Waals surface area (Å²) in [5.74, 6) is 0. The van der Waals surface area contributed by atoms with E-state index in [1.807, 2.05) is 0 Å². The van der Waals surface area contributed by atoms with Gasteiger partial charge >= 0.3 is 69.3 Å². The molecular weight excluding hydrogens is 386 g/mol. The summed E-state index contributed by atoms with van der Waals surface area (Å²) in [5, 5.41) is 0. The molecule has 0 bridgehead atoms. The molecule has 0 aliphatic rings. The Labute approximate surface area is 69.9 Å². The van der Waals surface area contributed by atoms with Crippen LogP contribution in [0.2, 0.25) is 0 Å². The molecule has 14 heteroatoms. The molecule has 0 saturated heterocycles. The molecule has 0 aromatic heterocycles. The van der Waals surface area contributed by atoms with Crippen LogP contribution in [0.4, 0.5) is 42.3 Å². The van der Waals surface area contributed by atoms with Gasteiger partial charge in [-0.3, -0.25) is 0 Å². The Hall–Kier alpha value is 0.320. The SMILES string of the molecule is F[I+](F)(F)(F)(F)F.F[P-](F)(F)(F)(F)F. The average Bonchev–Trinajstić information content (AvgIpc) is 0.938. The van der Waals surface area contributed by atoms with Gasteiger partial charge < -0.3 is 0 Å². The van der Waals surface area contributed by atoms with Crippen molar-refractivity contribution >= 4 is 7.81 Å². The monoisotopic (exact) mass is 386 g/mol. The van der Waals surface area contributed by atoms with E-state index in [1.54, 1.807) is 0 Å². The molecule has 0 aromatic rings. The van der Waals surface area contributed by atoms with Gasteiger partial charge in [-0.25, -0.2) is 0 Å². The first-order valence-electron chi connectivity index (χ1n) is 1.87. The first-order valence-corrected chi connectivity index (χ1v) is 8.79.